The van der Waals surface area contributed by atoms with E-state index < -0.39 is 17.6 Å². The lowest BCUT2D eigenvalue weighted by Crippen LogP contribution is -2.49. The van der Waals surface area contributed by atoms with Crippen LogP contribution in [0.15, 0.2) is 0 Å². The molecule has 1 unspecified atom stereocenters. The predicted molar refractivity (Wildman–Crippen MR) is 50.4 cm³/mol. The van der Waals surface area contributed by atoms with Crippen LogP contribution in [0.25, 0.3) is 0 Å². The van der Waals surface area contributed by atoms with Crippen LogP contribution >= 0.6 is 0 Å². The Morgan fingerprint density at radius 2 is 1.73 bits per heavy atom. The van der Waals surface area contributed by atoms with Gasteiger partial charge in [0.1, 0.15) is 0 Å². The van der Waals surface area contributed by atoms with Crippen LogP contribution in [0.2, 0.25) is 0 Å². The average Bonchev–Trinajstić information content (AvgIpc) is 2.10. The minimum absolute atomic E-state index is 0.216. The van der Waals surface area contributed by atoms with Crippen molar-refractivity contribution in [2.75, 3.05) is 0 Å². The maximum absolute atomic E-state index is 12.2. The van der Waals surface area contributed by atoms with E-state index in [2.05, 4.69) is 0 Å². The molecule has 0 fully saturated rings. The summed E-state index contributed by atoms with van der Waals surface area (Å²) in [4.78, 5) is 11.1. The number of halogens is 3. The molecule has 0 spiro atoms. The van der Waals surface area contributed by atoms with E-state index in [0.29, 0.717) is 13.3 Å². The van der Waals surface area contributed by atoms with Gasteiger partial charge in [-0.1, -0.05) is 26.2 Å². The number of carbonyl (C=O) groups excluding carboxylic acids is 1. The summed E-state index contributed by atoms with van der Waals surface area (Å²) in [7, 11) is 0. The van der Waals surface area contributed by atoms with Crippen molar-refractivity contribution >= 4 is 5.78 Å². The summed E-state index contributed by atoms with van der Waals surface area (Å²) in [5.41, 5.74) is -3.20. The number of Topliss-reactive ketones (excluding diaryl/α,β-unsaturated/α-hetero) is 1. The number of alkyl halides is 3. The molecular weight excluding hydrogens is 209 g/mol. The maximum atomic E-state index is 12.2. The van der Waals surface area contributed by atoms with Crippen LogP contribution in [0.1, 0.15) is 46.0 Å². The van der Waals surface area contributed by atoms with E-state index in [4.69, 9.17) is 5.11 Å². The van der Waals surface area contributed by atoms with Gasteiger partial charge in [0.2, 0.25) is 5.60 Å². The third-order valence-electron chi connectivity index (χ3n) is 2.35. The van der Waals surface area contributed by atoms with Crippen molar-refractivity contribution in [1.82, 2.24) is 0 Å². The van der Waals surface area contributed by atoms with Crippen LogP contribution in [0.4, 0.5) is 13.2 Å². The highest BCUT2D eigenvalue weighted by Gasteiger charge is 2.54. The van der Waals surface area contributed by atoms with Crippen molar-refractivity contribution in [3.63, 3.8) is 0 Å². The molecule has 0 aliphatic heterocycles. The second kappa shape index (κ2) is 5.49. The molecule has 0 amide bonds. The Morgan fingerprint density at radius 1 is 1.20 bits per heavy atom. The molecule has 0 saturated carbocycles. The number of unbranched alkanes of at least 4 members (excludes halogenated alkanes) is 3. The van der Waals surface area contributed by atoms with E-state index in [1.807, 2.05) is 6.92 Å². The molecule has 0 bridgehead atoms. The van der Waals surface area contributed by atoms with E-state index in [1.54, 1.807) is 0 Å². The quantitative estimate of drug-likeness (QED) is 0.707. The zero-order chi connectivity index (χ0) is 12.1. The third-order valence-corrected chi connectivity index (χ3v) is 2.35. The molecular formula is C10H17F3O2. The molecule has 0 aliphatic rings. The van der Waals surface area contributed by atoms with Crippen LogP contribution < -0.4 is 0 Å². The average molecular weight is 226 g/mol. The first-order chi connectivity index (χ1) is 6.73. The molecule has 1 atom stereocenters. The SMILES string of the molecule is CCCCCCC(=O)C(C)(O)C(F)(F)F. The lowest BCUT2D eigenvalue weighted by atomic mass is 9.95. The summed E-state index contributed by atoms with van der Waals surface area (Å²) in [6.45, 7) is 2.48. The van der Waals surface area contributed by atoms with Crippen LogP contribution in [0.5, 0.6) is 0 Å². The first-order valence-electron chi connectivity index (χ1n) is 5.06. The highest BCUT2D eigenvalue weighted by Crippen LogP contribution is 2.31. The third kappa shape index (κ3) is 4.20. The minimum atomic E-state index is -4.88. The molecule has 15 heavy (non-hydrogen) atoms. The fourth-order valence-electron chi connectivity index (χ4n) is 1.11. The molecule has 90 valence electrons. The van der Waals surface area contributed by atoms with E-state index in [9.17, 15) is 18.0 Å². The van der Waals surface area contributed by atoms with Gasteiger partial charge in [0.25, 0.3) is 0 Å². The summed E-state index contributed by atoms with van der Waals surface area (Å²) < 4.78 is 36.6. The van der Waals surface area contributed by atoms with Gasteiger partial charge in [-0.2, -0.15) is 13.2 Å². The molecule has 0 aromatic carbocycles. The minimum Gasteiger partial charge on any atom is -0.374 e. The Morgan fingerprint density at radius 3 is 2.13 bits per heavy atom. The lowest BCUT2D eigenvalue weighted by Gasteiger charge is -2.24. The normalized spacial score (nSPS) is 16.1. The summed E-state index contributed by atoms with van der Waals surface area (Å²) in [5, 5.41) is 9.00. The van der Waals surface area contributed by atoms with E-state index in [0.717, 1.165) is 19.3 Å². The molecule has 5 heteroatoms. The zero-order valence-corrected chi connectivity index (χ0v) is 9.02. The fraction of sp³-hybridized carbons (Fsp3) is 0.900. The van der Waals surface area contributed by atoms with Gasteiger partial charge in [-0.15, -0.1) is 0 Å². The van der Waals surface area contributed by atoms with Gasteiger partial charge < -0.3 is 5.11 Å². The maximum Gasteiger partial charge on any atom is 0.424 e. The summed E-state index contributed by atoms with van der Waals surface area (Å²) in [6, 6.07) is 0. The van der Waals surface area contributed by atoms with Crippen LogP contribution in [-0.4, -0.2) is 22.7 Å². The van der Waals surface area contributed by atoms with Crippen molar-refractivity contribution in [3.8, 4) is 0 Å². The number of carbonyl (C=O) groups is 1. The highest BCUT2D eigenvalue weighted by atomic mass is 19.4. The molecule has 1 N–H and O–H groups in total. The van der Waals surface area contributed by atoms with Crippen molar-refractivity contribution in [2.24, 2.45) is 0 Å². The second-order valence-electron chi connectivity index (χ2n) is 3.80. The van der Waals surface area contributed by atoms with Gasteiger partial charge >= 0.3 is 6.18 Å². The standard InChI is InChI=1S/C10H17F3O2/c1-3-4-5-6-7-8(14)9(2,15)10(11,12)13/h15H,3-7H2,1-2H3. The monoisotopic (exact) mass is 226 g/mol. The molecule has 2 nitrogen and oxygen atoms in total. The van der Waals surface area contributed by atoms with Crippen LogP contribution in [-0.2, 0) is 4.79 Å². The number of ketones is 1. The molecule has 0 radical (unpaired) electrons. The highest BCUT2D eigenvalue weighted by molar-refractivity contribution is 5.87. The fourth-order valence-corrected chi connectivity index (χ4v) is 1.11. The summed E-state index contributed by atoms with van der Waals surface area (Å²) in [6.07, 6.45) is -2.14. The molecule has 0 aromatic heterocycles. The molecule has 0 aliphatic carbocycles. The first-order valence-corrected chi connectivity index (χ1v) is 5.06. The van der Waals surface area contributed by atoms with Crippen LogP contribution in [0.3, 0.4) is 0 Å². The van der Waals surface area contributed by atoms with E-state index in [1.165, 1.54) is 0 Å². The second-order valence-corrected chi connectivity index (χ2v) is 3.80. The Bertz CT molecular complexity index is 209. The molecule has 0 heterocycles. The van der Waals surface area contributed by atoms with Gasteiger partial charge in [0.15, 0.2) is 5.78 Å². The first kappa shape index (κ1) is 14.4. The number of aliphatic hydroxyl groups is 1. The van der Waals surface area contributed by atoms with Gasteiger partial charge in [-0.05, 0) is 13.3 Å². The predicted octanol–water partition coefficient (Wildman–Crippen LogP) is 2.84. The lowest BCUT2D eigenvalue weighted by molar-refractivity contribution is -0.244. The van der Waals surface area contributed by atoms with Crippen molar-refractivity contribution in [3.05, 3.63) is 0 Å². The van der Waals surface area contributed by atoms with Gasteiger partial charge in [-0.25, -0.2) is 0 Å². The largest absolute Gasteiger partial charge is 0.424 e. The zero-order valence-electron chi connectivity index (χ0n) is 9.02. The number of hydrogen-bond acceptors (Lipinski definition) is 2. The summed E-state index contributed by atoms with van der Waals surface area (Å²) >= 11 is 0. The topological polar surface area (TPSA) is 37.3 Å². The van der Waals surface area contributed by atoms with Crippen molar-refractivity contribution < 1.29 is 23.1 Å². The Balaban J connectivity index is 4.10. The molecule has 0 aromatic rings. The van der Waals surface area contributed by atoms with Gasteiger partial charge in [0.05, 0.1) is 0 Å². The van der Waals surface area contributed by atoms with Crippen molar-refractivity contribution in [1.29, 1.82) is 0 Å². The van der Waals surface area contributed by atoms with E-state index in [-0.39, 0.29) is 6.42 Å². The molecule has 0 rings (SSSR count). The number of hydrogen-bond donors (Lipinski definition) is 1. The Kier molecular flexibility index (Phi) is 5.28. The van der Waals surface area contributed by atoms with E-state index >= 15 is 0 Å². The summed E-state index contributed by atoms with van der Waals surface area (Å²) in [5.74, 6) is -1.15. The van der Waals surface area contributed by atoms with Crippen molar-refractivity contribution in [2.45, 2.75) is 57.7 Å². The van der Waals surface area contributed by atoms with Gasteiger partial charge in [0, 0.05) is 6.42 Å². The van der Waals surface area contributed by atoms with Gasteiger partial charge in [-0.3, -0.25) is 4.79 Å². The Labute approximate surface area is 87.5 Å². The smallest absolute Gasteiger partial charge is 0.374 e. The molecule has 0 saturated heterocycles. The Hall–Kier alpha value is -0.580. The number of rotatable bonds is 6. The van der Waals surface area contributed by atoms with Crippen LogP contribution in [0, 0.1) is 0 Å².